The minimum Gasteiger partial charge on any atom is -0.360 e. The molecular formula is C15H16N4O. The second-order valence-electron chi connectivity index (χ2n) is 4.76. The van der Waals surface area contributed by atoms with E-state index in [0.29, 0.717) is 11.4 Å². The maximum absolute atomic E-state index is 11.6. The van der Waals surface area contributed by atoms with Crippen molar-refractivity contribution < 1.29 is 4.79 Å². The zero-order valence-corrected chi connectivity index (χ0v) is 11.5. The quantitative estimate of drug-likeness (QED) is 0.889. The molecule has 0 aliphatic rings. The van der Waals surface area contributed by atoms with Gasteiger partial charge in [-0.2, -0.15) is 5.26 Å². The first-order chi connectivity index (χ1) is 9.60. The molecule has 1 amide bonds. The first-order valence-electron chi connectivity index (χ1n) is 6.43. The Morgan fingerprint density at radius 1 is 1.40 bits per heavy atom. The topological polar surface area (TPSA) is 77.8 Å². The Morgan fingerprint density at radius 2 is 2.15 bits per heavy atom. The highest BCUT2D eigenvalue weighted by atomic mass is 16.1. The zero-order valence-electron chi connectivity index (χ0n) is 11.5. The van der Waals surface area contributed by atoms with Gasteiger partial charge >= 0.3 is 0 Å². The first kappa shape index (κ1) is 13.8. The second-order valence-corrected chi connectivity index (χ2v) is 4.76. The Kier molecular flexibility index (Phi) is 4.16. The van der Waals surface area contributed by atoms with Crippen LogP contribution >= 0.6 is 0 Å². The van der Waals surface area contributed by atoms with Crippen LogP contribution in [0, 0.1) is 11.3 Å². The molecule has 0 unspecified atom stereocenters. The Hall–Kier alpha value is -2.61. The molecule has 20 heavy (non-hydrogen) atoms. The van der Waals surface area contributed by atoms with Gasteiger partial charge in [-0.3, -0.25) is 4.79 Å². The Bertz CT molecular complexity index is 673. The molecule has 2 aromatic rings. The highest BCUT2D eigenvalue weighted by Crippen LogP contribution is 2.19. The Labute approximate surface area is 117 Å². The van der Waals surface area contributed by atoms with Crippen molar-refractivity contribution in [1.82, 2.24) is 10.3 Å². The van der Waals surface area contributed by atoms with Crippen molar-refractivity contribution in [1.29, 1.82) is 5.26 Å². The number of fused-ring (bicyclic) bond motifs is 1. The molecule has 2 rings (SSSR count). The smallest absolute Gasteiger partial charge is 0.239 e. The number of nitrogens with one attached hydrogen (secondary N) is 2. The van der Waals surface area contributed by atoms with Gasteiger partial charge in [0.1, 0.15) is 11.9 Å². The third-order valence-corrected chi connectivity index (χ3v) is 2.71. The molecule has 0 aliphatic heterocycles. The van der Waals surface area contributed by atoms with E-state index < -0.39 is 0 Å². The molecule has 0 atom stereocenters. The predicted molar refractivity (Wildman–Crippen MR) is 78.2 cm³/mol. The normalized spacial score (nSPS) is 10.3. The first-order valence-corrected chi connectivity index (χ1v) is 6.43. The van der Waals surface area contributed by atoms with Crippen molar-refractivity contribution in [3.8, 4) is 6.07 Å². The van der Waals surface area contributed by atoms with Crippen LogP contribution in [0.15, 0.2) is 30.3 Å². The van der Waals surface area contributed by atoms with Gasteiger partial charge in [-0.05, 0) is 26.0 Å². The van der Waals surface area contributed by atoms with Crippen LogP contribution in [0.2, 0.25) is 0 Å². The van der Waals surface area contributed by atoms with E-state index in [1.54, 1.807) is 6.07 Å². The maximum atomic E-state index is 11.6. The molecule has 102 valence electrons. The third-order valence-electron chi connectivity index (χ3n) is 2.71. The monoisotopic (exact) mass is 268 g/mol. The van der Waals surface area contributed by atoms with E-state index in [2.05, 4.69) is 21.7 Å². The molecule has 1 aromatic heterocycles. The molecule has 0 radical (unpaired) electrons. The van der Waals surface area contributed by atoms with Crippen molar-refractivity contribution in [2.75, 3.05) is 11.9 Å². The summed E-state index contributed by atoms with van der Waals surface area (Å²) >= 11 is 0. The van der Waals surface area contributed by atoms with Crippen LogP contribution in [-0.2, 0) is 4.79 Å². The molecule has 0 saturated carbocycles. The van der Waals surface area contributed by atoms with Gasteiger partial charge in [-0.25, -0.2) is 4.98 Å². The molecule has 0 fully saturated rings. The highest BCUT2D eigenvalue weighted by molar-refractivity contribution is 5.85. The lowest BCUT2D eigenvalue weighted by Crippen LogP contribution is -2.35. The maximum Gasteiger partial charge on any atom is 0.239 e. The highest BCUT2D eigenvalue weighted by Gasteiger charge is 2.08. The lowest BCUT2D eigenvalue weighted by atomic mass is 10.1. The van der Waals surface area contributed by atoms with Crippen LogP contribution < -0.4 is 10.6 Å². The second kappa shape index (κ2) is 6.02. The average molecular weight is 268 g/mol. The molecule has 5 nitrogen and oxygen atoms in total. The Balaban J connectivity index is 2.21. The number of amides is 1. The van der Waals surface area contributed by atoms with Gasteiger partial charge in [0.25, 0.3) is 0 Å². The minimum absolute atomic E-state index is 0.0873. The van der Waals surface area contributed by atoms with E-state index in [4.69, 9.17) is 5.26 Å². The molecule has 5 heteroatoms. The fourth-order valence-electron chi connectivity index (χ4n) is 1.87. The number of aromatic nitrogens is 1. The summed E-state index contributed by atoms with van der Waals surface area (Å²) in [5.74, 6) is 0.309. The number of nitrogens with zero attached hydrogens (tertiary/aromatic N) is 2. The van der Waals surface area contributed by atoms with Crippen molar-refractivity contribution >= 4 is 22.6 Å². The van der Waals surface area contributed by atoms with Gasteiger partial charge < -0.3 is 10.6 Å². The number of rotatable bonds is 4. The number of benzene rings is 1. The molecule has 0 spiro atoms. The summed E-state index contributed by atoms with van der Waals surface area (Å²) in [6.45, 7) is 3.89. The van der Waals surface area contributed by atoms with Gasteiger partial charge in [0.15, 0.2) is 0 Å². The fraction of sp³-hybridized carbons (Fsp3) is 0.267. The summed E-state index contributed by atoms with van der Waals surface area (Å²) in [6, 6.07) is 11.5. The van der Waals surface area contributed by atoms with Crippen LogP contribution in [0.1, 0.15) is 19.4 Å². The summed E-state index contributed by atoms with van der Waals surface area (Å²) in [7, 11) is 0. The molecule has 0 bridgehead atoms. The van der Waals surface area contributed by atoms with E-state index >= 15 is 0 Å². The number of nitriles is 1. The summed E-state index contributed by atoms with van der Waals surface area (Å²) in [5.41, 5.74) is 1.22. The van der Waals surface area contributed by atoms with Crippen LogP contribution in [0.3, 0.4) is 0 Å². The fourth-order valence-corrected chi connectivity index (χ4v) is 1.87. The van der Waals surface area contributed by atoms with E-state index in [9.17, 15) is 4.79 Å². The van der Waals surface area contributed by atoms with Crippen LogP contribution in [0.4, 0.5) is 5.82 Å². The lowest BCUT2D eigenvalue weighted by molar-refractivity contribution is -0.119. The van der Waals surface area contributed by atoms with Gasteiger partial charge in [-0.1, -0.05) is 18.2 Å². The van der Waals surface area contributed by atoms with Crippen molar-refractivity contribution in [2.45, 2.75) is 19.9 Å². The summed E-state index contributed by atoms with van der Waals surface area (Å²) in [6.07, 6.45) is 0. The van der Waals surface area contributed by atoms with Crippen LogP contribution in [0.25, 0.3) is 10.9 Å². The number of pyridine rings is 1. The molecule has 0 aliphatic carbocycles. The van der Waals surface area contributed by atoms with Gasteiger partial charge in [0, 0.05) is 11.4 Å². The van der Waals surface area contributed by atoms with Gasteiger partial charge in [-0.15, -0.1) is 0 Å². The third kappa shape index (κ3) is 3.23. The standard InChI is InChI=1S/C15H16N4O/c1-10(2)18-14(20)9-17-15-12(8-16)7-11-5-3-4-6-13(11)19-15/h3-7,10H,9H2,1-2H3,(H,17,19)(H,18,20). The number of carbonyl (C=O) groups is 1. The largest absolute Gasteiger partial charge is 0.360 e. The number of carbonyl (C=O) groups excluding carboxylic acids is 1. The van der Waals surface area contributed by atoms with Crippen LogP contribution in [0.5, 0.6) is 0 Å². The van der Waals surface area contributed by atoms with E-state index in [1.165, 1.54) is 0 Å². The van der Waals surface area contributed by atoms with Crippen molar-refractivity contribution in [3.05, 3.63) is 35.9 Å². The summed E-state index contributed by atoms with van der Waals surface area (Å²) in [4.78, 5) is 16.0. The van der Waals surface area contributed by atoms with Crippen molar-refractivity contribution in [3.63, 3.8) is 0 Å². The number of hydrogen-bond donors (Lipinski definition) is 2. The SMILES string of the molecule is CC(C)NC(=O)CNc1nc2ccccc2cc1C#N. The predicted octanol–water partition coefficient (Wildman–Crippen LogP) is 2.04. The van der Waals surface area contributed by atoms with E-state index in [-0.39, 0.29) is 18.5 Å². The number of hydrogen-bond acceptors (Lipinski definition) is 4. The minimum atomic E-state index is -0.126. The number of anilines is 1. The zero-order chi connectivity index (χ0) is 14.5. The number of para-hydroxylation sites is 1. The Morgan fingerprint density at radius 3 is 2.85 bits per heavy atom. The van der Waals surface area contributed by atoms with E-state index in [0.717, 1.165) is 10.9 Å². The lowest BCUT2D eigenvalue weighted by Gasteiger charge is -2.11. The van der Waals surface area contributed by atoms with E-state index in [1.807, 2.05) is 38.1 Å². The van der Waals surface area contributed by atoms with Crippen molar-refractivity contribution in [2.24, 2.45) is 0 Å². The molecular weight excluding hydrogens is 252 g/mol. The molecule has 1 aromatic carbocycles. The summed E-state index contributed by atoms with van der Waals surface area (Å²) < 4.78 is 0. The molecule has 1 heterocycles. The van der Waals surface area contributed by atoms with Crippen LogP contribution in [-0.4, -0.2) is 23.5 Å². The summed E-state index contributed by atoms with van der Waals surface area (Å²) in [5, 5.41) is 15.8. The average Bonchev–Trinajstić information content (AvgIpc) is 2.43. The molecule has 0 saturated heterocycles. The molecule has 2 N–H and O–H groups in total. The van der Waals surface area contributed by atoms with Gasteiger partial charge in [0.05, 0.1) is 17.6 Å². The van der Waals surface area contributed by atoms with Gasteiger partial charge in [0.2, 0.25) is 5.91 Å².